The van der Waals surface area contributed by atoms with E-state index in [2.05, 4.69) is 0 Å². The zero-order valence-corrected chi connectivity index (χ0v) is 16.5. The Kier molecular flexibility index (Phi) is 5.41. The van der Waals surface area contributed by atoms with Gasteiger partial charge in [-0.15, -0.1) is 0 Å². The fourth-order valence-corrected chi connectivity index (χ4v) is 5.10. The minimum atomic E-state index is -0.240. The van der Waals surface area contributed by atoms with E-state index in [0.717, 1.165) is 29.5 Å². The smallest absolute Gasteiger partial charge is 0.266 e. The summed E-state index contributed by atoms with van der Waals surface area (Å²) in [4.78, 5) is 15.4. The molecule has 4 rings (SSSR count). The Hall–Kier alpha value is -1.98. The maximum atomic E-state index is 13.1. The Morgan fingerprint density at radius 1 is 0.963 bits per heavy atom. The third-order valence-corrected chi connectivity index (χ3v) is 6.48. The first-order valence-corrected chi connectivity index (χ1v) is 10.5. The van der Waals surface area contributed by atoms with Crippen molar-refractivity contribution in [3.8, 4) is 11.1 Å². The van der Waals surface area contributed by atoms with Crippen LogP contribution in [-0.4, -0.2) is 21.2 Å². The summed E-state index contributed by atoms with van der Waals surface area (Å²) in [5, 5.41) is 0. The molecule has 1 heterocycles. The van der Waals surface area contributed by atoms with E-state index in [1.807, 2.05) is 35.2 Å². The molecule has 138 valence electrons. The summed E-state index contributed by atoms with van der Waals surface area (Å²) in [6, 6.07) is 14.6. The van der Waals surface area contributed by atoms with E-state index in [1.54, 1.807) is 12.1 Å². The molecule has 0 radical (unpaired) electrons. The minimum Gasteiger partial charge on any atom is -0.290 e. The van der Waals surface area contributed by atoms with Crippen molar-refractivity contribution in [3.05, 3.63) is 64.8 Å². The number of amides is 1. The molecule has 2 nitrogen and oxygen atoms in total. The van der Waals surface area contributed by atoms with Crippen LogP contribution in [0.5, 0.6) is 0 Å². The number of rotatable bonds is 3. The van der Waals surface area contributed by atoms with Crippen molar-refractivity contribution < 1.29 is 9.18 Å². The van der Waals surface area contributed by atoms with Crippen LogP contribution in [0.25, 0.3) is 17.2 Å². The highest BCUT2D eigenvalue weighted by molar-refractivity contribution is 8.26. The standard InChI is InChI=1S/C22H20FNOS2/c23-18-12-10-17(11-13-18)16-8-6-15(7-9-16)14-20-21(25)24(22(26)27-20)19-4-2-1-3-5-19/h6-14,19H,1-5H2. The maximum absolute atomic E-state index is 13.1. The van der Waals surface area contributed by atoms with Crippen LogP contribution in [0.4, 0.5) is 4.39 Å². The SMILES string of the molecule is O=C1C(=Cc2ccc(-c3ccc(F)cc3)cc2)SC(=S)N1C1CCCCC1. The van der Waals surface area contributed by atoms with E-state index in [0.29, 0.717) is 9.23 Å². The Balaban J connectivity index is 1.52. The Labute approximate surface area is 168 Å². The number of benzene rings is 2. The number of thioether (sulfide) groups is 1. The van der Waals surface area contributed by atoms with Gasteiger partial charge in [0.2, 0.25) is 0 Å². The predicted octanol–water partition coefficient (Wildman–Crippen LogP) is 6.03. The van der Waals surface area contributed by atoms with Crippen LogP contribution in [0.3, 0.4) is 0 Å². The Morgan fingerprint density at radius 2 is 1.56 bits per heavy atom. The van der Waals surface area contributed by atoms with Gasteiger partial charge in [0.15, 0.2) is 0 Å². The van der Waals surface area contributed by atoms with Crippen LogP contribution in [0, 0.1) is 5.82 Å². The normalized spacial score (nSPS) is 19.9. The molecule has 0 bridgehead atoms. The molecule has 2 fully saturated rings. The molecule has 0 N–H and O–H groups in total. The monoisotopic (exact) mass is 397 g/mol. The van der Waals surface area contributed by atoms with Crippen molar-refractivity contribution in [1.29, 1.82) is 0 Å². The molecule has 5 heteroatoms. The summed E-state index contributed by atoms with van der Waals surface area (Å²) < 4.78 is 13.8. The van der Waals surface area contributed by atoms with Crippen molar-refractivity contribution in [3.63, 3.8) is 0 Å². The van der Waals surface area contributed by atoms with Crippen molar-refractivity contribution >= 4 is 40.3 Å². The summed E-state index contributed by atoms with van der Waals surface area (Å²) in [6.07, 6.45) is 7.60. The lowest BCUT2D eigenvalue weighted by Gasteiger charge is -2.29. The largest absolute Gasteiger partial charge is 0.290 e. The highest BCUT2D eigenvalue weighted by atomic mass is 32.2. The molecule has 0 aromatic heterocycles. The van der Waals surface area contributed by atoms with Crippen LogP contribution < -0.4 is 0 Å². The highest BCUT2D eigenvalue weighted by Crippen LogP contribution is 2.37. The third kappa shape index (κ3) is 3.99. The van der Waals surface area contributed by atoms with E-state index in [-0.39, 0.29) is 17.8 Å². The number of carbonyl (C=O) groups excluding carboxylic acids is 1. The van der Waals surface area contributed by atoms with E-state index in [1.165, 1.54) is 43.2 Å². The average Bonchev–Trinajstić information content (AvgIpc) is 2.97. The van der Waals surface area contributed by atoms with Crippen molar-refractivity contribution in [1.82, 2.24) is 4.90 Å². The summed E-state index contributed by atoms with van der Waals surface area (Å²) in [5.41, 5.74) is 2.94. The molecule has 1 amide bonds. The topological polar surface area (TPSA) is 20.3 Å². The van der Waals surface area contributed by atoms with E-state index >= 15 is 0 Å². The number of nitrogens with zero attached hydrogens (tertiary/aromatic N) is 1. The van der Waals surface area contributed by atoms with E-state index in [9.17, 15) is 9.18 Å². The molecule has 0 atom stereocenters. The number of halogens is 1. The van der Waals surface area contributed by atoms with E-state index in [4.69, 9.17) is 12.2 Å². The number of thiocarbonyl (C=S) groups is 1. The molecule has 2 aliphatic rings. The maximum Gasteiger partial charge on any atom is 0.266 e. The first-order valence-electron chi connectivity index (χ1n) is 9.25. The number of hydrogen-bond acceptors (Lipinski definition) is 3. The molecule has 1 saturated carbocycles. The van der Waals surface area contributed by atoms with Crippen LogP contribution in [0.15, 0.2) is 53.4 Å². The molecule has 1 saturated heterocycles. The van der Waals surface area contributed by atoms with Crippen LogP contribution in [-0.2, 0) is 4.79 Å². The molecular weight excluding hydrogens is 377 g/mol. The Morgan fingerprint density at radius 3 is 2.19 bits per heavy atom. The molecular formula is C22H20FNOS2. The third-order valence-electron chi connectivity index (χ3n) is 5.15. The van der Waals surface area contributed by atoms with Gasteiger partial charge >= 0.3 is 0 Å². The van der Waals surface area contributed by atoms with Crippen molar-refractivity contribution in [2.24, 2.45) is 0 Å². The highest BCUT2D eigenvalue weighted by Gasteiger charge is 2.37. The van der Waals surface area contributed by atoms with Gasteiger partial charge in [-0.3, -0.25) is 9.69 Å². The molecule has 0 unspecified atom stereocenters. The van der Waals surface area contributed by atoms with Crippen molar-refractivity contribution in [2.45, 2.75) is 38.1 Å². The van der Waals surface area contributed by atoms with Gasteiger partial charge in [-0.05, 0) is 47.7 Å². The molecule has 2 aromatic rings. The lowest BCUT2D eigenvalue weighted by molar-refractivity contribution is -0.124. The molecule has 2 aromatic carbocycles. The minimum absolute atomic E-state index is 0.0412. The second-order valence-electron chi connectivity index (χ2n) is 6.97. The summed E-state index contributed by atoms with van der Waals surface area (Å²) in [5.74, 6) is -0.199. The fraction of sp³-hybridized carbons (Fsp3) is 0.273. The fourth-order valence-electron chi connectivity index (χ4n) is 3.70. The zero-order valence-electron chi connectivity index (χ0n) is 14.9. The lowest BCUT2D eigenvalue weighted by Crippen LogP contribution is -2.39. The summed E-state index contributed by atoms with van der Waals surface area (Å²) >= 11 is 6.88. The van der Waals surface area contributed by atoms with Gasteiger partial charge in [0.25, 0.3) is 5.91 Å². The molecule has 1 aliphatic heterocycles. The zero-order chi connectivity index (χ0) is 18.8. The summed E-state index contributed by atoms with van der Waals surface area (Å²) in [6.45, 7) is 0. The molecule has 0 spiro atoms. The van der Waals surface area contributed by atoms with Gasteiger partial charge in [-0.1, -0.05) is 79.6 Å². The van der Waals surface area contributed by atoms with Crippen LogP contribution >= 0.6 is 24.0 Å². The first kappa shape index (κ1) is 18.4. The molecule has 27 heavy (non-hydrogen) atoms. The number of hydrogen-bond donors (Lipinski definition) is 0. The Bertz CT molecular complexity index is 884. The predicted molar refractivity (Wildman–Crippen MR) is 114 cm³/mol. The van der Waals surface area contributed by atoms with Gasteiger partial charge in [0.05, 0.1) is 4.91 Å². The van der Waals surface area contributed by atoms with Gasteiger partial charge in [0, 0.05) is 6.04 Å². The van der Waals surface area contributed by atoms with E-state index < -0.39 is 0 Å². The quantitative estimate of drug-likeness (QED) is 0.466. The van der Waals surface area contributed by atoms with Crippen LogP contribution in [0.2, 0.25) is 0 Å². The van der Waals surface area contributed by atoms with Gasteiger partial charge < -0.3 is 0 Å². The first-order chi connectivity index (χ1) is 13.1. The van der Waals surface area contributed by atoms with Gasteiger partial charge in [0.1, 0.15) is 10.1 Å². The molecule has 1 aliphatic carbocycles. The van der Waals surface area contributed by atoms with Crippen molar-refractivity contribution in [2.75, 3.05) is 0 Å². The summed E-state index contributed by atoms with van der Waals surface area (Å²) in [7, 11) is 0. The average molecular weight is 398 g/mol. The van der Waals surface area contributed by atoms with Crippen LogP contribution in [0.1, 0.15) is 37.7 Å². The second-order valence-corrected chi connectivity index (χ2v) is 8.65. The second kappa shape index (κ2) is 7.95. The van der Waals surface area contributed by atoms with Gasteiger partial charge in [-0.25, -0.2) is 4.39 Å². The lowest BCUT2D eigenvalue weighted by atomic mass is 9.94. The van der Waals surface area contributed by atoms with Gasteiger partial charge in [-0.2, -0.15) is 0 Å². The number of carbonyl (C=O) groups is 1.